The molecule has 2 aliphatic rings. The molecule has 0 N–H and O–H groups in total. The van der Waals surface area contributed by atoms with Crippen LogP contribution >= 0.6 is 0 Å². The van der Waals surface area contributed by atoms with Crippen LogP contribution in [-0.4, -0.2) is 12.2 Å². The van der Waals surface area contributed by atoms with Gasteiger partial charge in [-0.25, -0.2) is 0 Å². The Hall–Kier alpha value is -0.0400. The van der Waals surface area contributed by atoms with E-state index in [0.29, 0.717) is 5.41 Å². The lowest BCUT2D eigenvalue weighted by atomic mass is 9.75. The minimum atomic E-state index is 0.136. The fraction of sp³-hybridized carbons (Fsp3) is 1.00. The van der Waals surface area contributed by atoms with Crippen molar-refractivity contribution in [3.8, 4) is 0 Å². The van der Waals surface area contributed by atoms with Crippen LogP contribution in [0.4, 0.5) is 0 Å². The predicted octanol–water partition coefficient (Wildman–Crippen LogP) is 3.87. The third kappa shape index (κ3) is 2.08. The van der Waals surface area contributed by atoms with Crippen molar-refractivity contribution in [2.75, 3.05) is 6.61 Å². The van der Waals surface area contributed by atoms with Crippen LogP contribution in [0.2, 0.25) is 0 Å². The summed E-state index contributed by atoms with van der Waals surface area (Å²) in [7, 11) is 0. The summed E-state index contributed by atoms with van der Waals surface area (Å²) in [6.45, 7) is 12.8. The molecule has 1 aliphatic carbocycles. The van der Waals surface area contributed by atoms with Crippen LogP contribution in [0.1, 0.15) is 53.9 Å². The first kappa shape index (κ1) is 11.4. The summed E-state index contributed by atoms with van der Waals surface area (Å²) < 4.78 is 5.88. The van der Waals surface area contributed by atoms with Gasteiger partial charge in [0.25, 0.3) is 0 Å². The second-order valence-corrected chi connectivity index (χ2v) is 7.01. The van der Waals surface area contributed by atoms with Gasteiger partial charge in [-0.1, -0.05) is 20.8 Å². The molecule has 3 atom stereocenters. The molecule has 0 aromatic carbocycles. The van der Waals surface area contributed by atoms with E-state index in [4.69, 9.17) is 4.74 Å². The minimum Gasteiger partial charge on any atom is -0.375 e. The molecule has 88 valence electrons. The summed E-state index contributed by atoms with van der Waals surface area (Å²) in [4.78, 5) is 0. The molecule has 1 nitrogen and oxygen atoms in total. The Bertz CT molecular complexity index is 242. The topological polar surface area (TPSA) is 9.23 Å². The molecule has 0 radical (unpaired) electrons. The van der Waals surface area contributed by atoms with Crippen molar-refractivity contribution in [2.24, 2.45) is 23.2 Å². The van der Waals surface area contributed by atoms with Crippen LogP contribution in [0.5, 0.6) is 0 Å². The van der Waals surface area contributed by atoms with Gasteiger partial charge in [-0.05, 0) is 56.3 Å². The zero-order valence-electron chi connectivity index (χ0n) is 11.0. The van der Waals surface area contributed by atoms with E-state index in [2.05, 4.69) is 34.6 Å². The van der Waals surface area contributed by atoms with Crippen molar-refractivity contribution >= 4 is 0 Å². The smallest absolute Gasteiger partial charge is 0.0630 e. The number of hydrogen-bond donors (Lipinski definition) is 0. The van der Waals surface area contributed by atoms with E-state index in [1.54, 1.807) is 0 Å². The van der Waals surface area contributed by atoms with Crippen LogP contribution in [0, 0.1) is 23.2 Å². The Morgan fingerprint density at radius 1 is 1.13 bits per heavy atom. The van der Waals surface area contributed by atoms with Gasteiger partial charge in [-0.2, -0.15) is 0 Å². The fourth-order valence-corrected chi connectivity index (χ4v) is 3.60. The Kier molecular flexibility index (Phi) is 2.65. The van der Waals surface area contributed by atoms with Crippen molar-refractivity contribution in [1.29, 1.82) is 0 Å². The maximum atomic E-state index is 5.88. The van der Waals surface area contributed by atoms with Gasteiger partial charge in [-0.3, -0.25) is 0 Å². The monoisotopic (exact) mass is 210 g/mol. The molecular formula is C14H26O. The SMILES string of the molecule is CC1C(C2COC(C)(C)C2)CCC1(C)C. The molecule has 1 saturated carbocycles. The molecule has 15 heavy (non-hydrogen) atoms. The van der Waals surface area contributed by atoms with Gasteiger partial charge in [0.15, 0.2) is 0 Å². The first-order valence-corrected chi connectivity index (χ1v) is 6.46. The molecule has 2 fully saturated rings. The molecule has 3 unspecified atom stereocenters. The van der Waals surface area contributed by atoms with Gasteiger partial charge in [0.2, 0.25) is 0 Å². The summed E-state index contributed by atoms with van der Waals surface area (Å²) in [6.07, 6.45) is 4.08. The van der Waals surface area contributed by atoms with E-state index in [9.17, 15) is 0 Å². The number of rotatable bonds is 1. The maximum absolute atomic E-state index is 5.88. The van der Waals surface area contributed by atoms with Crippen LogP contribution in [0.15, 0.2) is 0 Å². The zero-order chi connectivity index (χ0) is 11.3. The van der Waals surface area contributed by atoms with Crippen LogP contribution in [0.25, 0.3) is 0 Å². The Labute approximate surface area is 94.6 Å². The summed E-state index contributed by atoms with van der Waals surface area (Å²) in [6, 6.07) is 0. The van der Waals surface area contributed by atoms with Gasteiger partial charge in [0.05, 0.1) is 12.2 Å². The Balaban J connectivity index is 2.02. The normalized spacial score (nSPS) is 43.4. The van der Waals surface area contributed by atoms with Gasteiger partial charge in [0, 0.05) is 0 Å². The highest BCUT2D eigenvalue weighted by Crippen LogP contribution is 2.51. The Morgan fingerprint density at radius 2 is 1.80 bits per heavy atom. The third-order valence-corrected chi connectivity index (χ3v) is 5.04. The number of ether oxygens (including phenoxy) is 1. The van der Waals surface area contributed by atoms with E-state index >= 15 is 0 Å². The molecule has 0 amide bonds. The van der Waals surface area contributed by atoms with E-state index in [1.807, 2.05) is 0 Å². The lowest BCUT2D eigenvalue weighted by molar-refractivity contribution is 0.0329. The average molecular weight is 210 g/mol. The first-order chi connectivity index (χ1) is 6.82. The van der Waals surface area contributed by atoms with Crippen molar-refractivity contribution < 1.29 is 4.74 Å². The van der Waals surface area contributed by atoms with Gasteiger partial charge in [-0.15, -0.1) is 0 Å². The quantitative estimate of drug-likeness (QED) is 0.638. The van der Waals surface area contributed by atoms with Crippen molar-refractivity contribution in [2.45, 2.75) is 59.5 Å². The van der Waals surface area contributed by atoms with Crippen molar-refractivity contribution in [3.63, 3.8) is 0 Å². The van der Waals surface area contributed by atoms with Gasteiger partial charge in [0.1, 0.15) is 0 Å². The molecule has 0 aromatic rings. The summed E-state index contributed by atoms with van der Waals surface area (Å²) >= 11 is 0. The highest BCUT2D eigenvalue weighted by Gasteiger charge is 2.45. The van der Waals surface area contributed by atoms with Crippen LogP contribution < -0.4 is 0 Å². The predicted molar refractivity (Wildman–Crippen MR) is 63.8 cm³/mol. The van der Waals surface area contributed by atoms with Crippen LogP contribution in [0.3, 0.4) is 0 Å². The van der Waals surface area contributed by atoms with E-state index < -0.39 is 0 Å². The van der Waals surface area contributed by atoms with E-state index in [-0.39, 0.29) is 5.60 Å². The Morgan fingerprint density at radius 3 is 2.20 bits per heavy atom. The molecule has 0 aromatic heterocycles. The molecule has 1 aliphatic heterocycles. The average Bonchev–Trinajstić information content (AvgIpc) is 2.56. The minimum absolute atomic E-state index is 0.136. The fourth-order valence-electron chi connectivity index (χ4n) is 3.60. The largest absolute Gasteiger partial charge is 0.375 e. The molecule has 1 heterocycles. The third-order valence-electron chi connectivity index (χ3n) is 5.04. The molecule has 0 bridgehead atoms. The molecule has 1 heteroatoms. The van der Waals surface area contributed by atoms with E-state index in [1.165, 1.54) is 19.3 Å². The van der Waals surface area contributed by atoms with Crippen LogP contribution in [-0.2, 0) is 4.74 Å². The molecular weight excluding hydrogens is 184 g/mol. The van der Waals surface area contributed by atoms with E-state index in [0.717, 1.165) is 24.4 Å². The maximum Gasteiger partial charge on any atom is 0.0630 e. The standard InChI is InChI=1S/C14H26O/c1-10-12(6-7-13(10,2)3)11-8-14(4,5)15-9-11/h10-12H,6-9H2,1-5H3. The molecule has 2 rings (SSSR count). The lowest BCUT2D eigenvalue weighted by Gasteiger charge is -2.30. The first-order valence-electron chi connectivity index (χ1n) is 6.46. The second kappa shape index (κ2) is 3.48. The summed E-state index contributed by atoms with van der Waals surface area (Å²) in [5.74, 6) is 2.58. The number of hydrogen-bond acceptors (Lipinski definition) is 1. The molecule has 0 spiro atoms. The van der Waals surface area contributed by atoms with Gasteiger partial charge >= 0.3 is 0 Å². The van der Waals surface area contributed by atoms with Crippen molar-refractivity contribution in [1.82, 2.24) is 0 Å². The van der Waals surface area contributed by atoms with Gasteiger partial charge < -0.3 is 4.74 Å². The molecule has 1 saturated heterocycles. The van der Waals surface area contributed by atoms with Crippen molar-refractivity contribution in [3.05, 3.63) is 0 Å². The highest BCUT2D eigenvalue weighted by atomic mass is 16.5. The summed E-state index contributed by atoms with van der Waals surface area (Å²) in [5, 5.41) is 0. The highest BCUT2D eigenvalue weighted by molar-refractivity contribution is 4.95. The lowest BCUT2D eigenvalue weighted by Crippen LogP contribution is -2.25. The second-order valence-electron chi connectivity index (χ2n) is 7.01. The summed E-state index contributed by atoms with van der Waals surface area (Å²) in [5.41, 5.74) is 0.689. The zero-order valence-corrected chi connectivity index (χ0v) is 11.0.